The Bertz CT molecular complexity index is 574. The van der Waals surface area contributed by atoms with Gasteiger partial charge in [0.25, 0.3) is 0 Å². The number of carbonyl (C=O) groups is 1. The number of aliphatic carboxylic acids is 1. The number of aromatic nitrogens is 1. The van der Waals surface area contributed by atoms with E-state index >= 15 is 0 Å². The van der Waals surface area contributed by atoms with E-state index in [1.165, 1.54) is 0 Å². The number of aryl methyl sites for hydroxylation is 1. The first-order valence-corrected chi connectivity index (χ1v) is 6.36. The Morgan fingerprint density at radius 3 is 2.82 bits per heavy atom. The highest BCUT2D eigenvalue weighted by atomic mass is 79.9. The van der Waals surface area contributed by atoms with Gasteiger partial charge in [0.15, 0.2) is 0 Å². The van der Waals surface area contributed by atoms with E-state index in [9.17, 15) is 4.79 Å². The molecule has 17 heavy (non-hydrogen) atoms. The normalized spacial score (nSPS) is 12.9. The monoisotopic (exact) mass is 295 g/mol. The van der Waals surface area contributed by atoms with Crippen LogP contribution < -0.4 is 0 Å². The molecule has 0 saturated carbocycles. The Balaban J connectivity index is 2.73. The first-order valence-electron chi connectivity index (χ1n) is 5.56. The minimum atomic E-state index is -0.793. The van der Waals surface area contributed by atoms with Crippen LogP contribution in [0.5, 0.6) is 0 Å². The lowest BCUT2D eigenvalue weighted by molar-refractivity contribution is -0.138. The smallest absolute Gasteiger partial charge is 0.312 e. The van der Waals surface area contributed by atoms with Crippen molar-refractivity contribution in [2.45, 2.75) is 26.3 Å². The number of nitrogens with zero attached hydrogens (tertiary/aromatic N) is 1. The zero-order valence-corrected chi connectivity index (χ0v) is 11.4. The van der Waals surface area contributed by atoms with E-state index in [4.69, 9.17) is 5.11 Å². The molecule has 1 aromatic carbocycles. The first-order chi connectivity index (χ1) is 8.06. The summed E-state index contributed by atoms with van der Waals surface area (Å²) in [6.07, 6.45) is 0. The molecule has 0 amide bonds. The fourth-order valence-corrected chi connectivity index (χ4v) is 2.72. The summed E-state index contributed by atoms with van der Waals surface area (Å²) < 4.78 is 3.05. The third-order valence-electron chi connectivity index (χ3n) is 3.03. The second kappa shape index (κ2) is 4.53. The summed E-state index contributed by atoms with van der Waals surface area (Å²) in [7, 11) is 0. The van der Waals surface area contributed by atoms with Gasteiger partial charge in [0.2, 0.25) is 0 Å². The van der Waals surface area contributed by atoms with Crippen molar-refractivity contribution in [3.05, 3.63) is 34.4 Å². The standard InChI is InChI=1S/C13H14BrNO2/c1-3-15-11(8(2)13(16)17)7-9-5-4-6-10(14)12(9)15/h4-8H,3H2,1-2H3,(H,16,17). The molecule has 0 radical (unpaired) electrons. The van der Waals surface area contributed by atoms with Crippen LogP contribution >= 0.6 is 15.9 Å². The fraction of sp³-hybridized carbons (Fsp3) is 0.308. The van der Waals surface area contributed by atoms with E-state index in [0.29, 0.717) is 0 Å². The van der Waals surface area contributed by atoms with Crippen LogP contribution in [0.4, 0.5) is 0 Å². The average molecular weight is 296 g/mol. The summed E-state index contributed by atoms with van der Waals surface area (Å²) in [6.45, 7) is 4.51. The van der Waals surface area contributed by atoms with Crippen molar-refractivity contribution in [1.29, 1.82) is 0 Å². The van der Waals surface area contributed by atoms with Gasteiger partial charge in [-0.25, -0.2) is 0 Å². The summed E-state index contributed by atoms with van der Waals surface area (Å²) in [4.78, 5) is 11.1. The minimum Gasteiger partial charge on any atom is -0.481 e. The maximum absolute atomic E-state index is 11.1. The average Bonchev–Trinajstić information content (AvgIpc) is 2.67. The predicted octanol–water partition coefficient (Wildman–Crippen LogP) is 3.61. The topological polar surface area (TPSA) is 42.2 Å². The van der Waals surface area contributed by atoms with E-state index in [1.807, 2.05) is 31.2 Å². The van der Waals surface area contributed by atoms with Crippen LogP contribution in [0.2, 0.25) is 0 Å². The molecular formula is C13H14BrNO2. The van der Waals surface area contributed by atoms with E-state index in [0.717, 1.165) is 27.6 Å². The second-order valence-electron chi connectivity index (χ2n) is 4.05. The third-order valence-corrected chi connectivity index (χ3v) is 3.67. The molecular weight excluding hydrogens is 282 g/mol. The molecule has 2 aromatic rings. The van der Waals surface area contributed by atoms with Crippen LogP contribution in [-0.4, -0.2) is 15.6 Å². The number of carboxylic acids is 1. The Kier molecular flexibility index (Phi) is 3.24. The van der Waals surface area contributed by atoms with E-state index < -0.39 is 11.9 Å². The summed E-state index contributed by atoms with van der Waals surface area (Å²) in [6, 6.07) is 7.90. The van der Waals surface area contributed by atoms with Gasteiger partial charge >= 0.3 is 5.97 Å². The number of hydrogen-bond acceptors (Lipinski definition) is 1. The van der Waals surface area contributed by atoms with Crippen molar-refractivity contribution < 1.29 is 9.90 Å². The van der Waals surface area contributed by atoms with Crippen LogP contribution in [0.1, 0.15) is 25.5 Å². The van der Waals surface area contributed by atoms with Gasteiger partial charge in [0.05, 0.1) is 11.4 Å². The van der Waals surface area contributed by atoms with Crippen LogP contribution in [-0.2, 0) is 11.3 Å². The van der Waals surface area contributed by atoms with Gasteiger partial charge in [-0.1, -0.05) is 12.1 Å². The molecule has 0 spiro atoms. The molecule has 0 saturated heterocycles. The fourth-order valence-electron chi connectivity index (χ4n) is 2.13. The van der Waals surface area contributed by atoms with Gasteiger partial charge in [0.1, 0.15) is 0 Å². The molecule has 4 heteroatoms. The highest BCUT2D eigenvalue weighted by molar-refractivity contribution is 9.10. The summed E-state index contributed by atoms with van der Waals surface area (Å²) in [5.74, 6) is -1.28. The maximum Gasteiger partial charge on any atom is 0.312 e. The Labute approximate surface area is 108 Å². The van der Waals surface area contributed by atoms with E-state index in [2.05, 4.69) is 20.5 Å². The van der Waals surface area contributed by atoms with E-state index in [1.54, 1.807) is 6.92 Å². The molecule has 0 fully saturated rings. The van der Waals surface area contributed by atoms with Crippen molar-refractivity contribution in [2.75, 3.05) is 0 Å². The highest BCUT2D eigenvalue weighted by Gasteiger charge is 2.20. The van der Waals surface area contributed by atoms with E-state index in [-0.39, 0.29) is 0 Å². The molecule has 0 aliphatic heterocycles. The first kappa shape index (κ1) is 12.2. The zero-order valence-electron chi connectivity index (χ0n) is 9.77. The predicted molar refractivity (Wildman–Crippen MR) is 71.4 cm³/mol. The van der Waals surface area contributed by atoms with Crippen molar-refractivity contribution in [3.8, 4) is 0 Å². The number of fused-ring (bicyclic) bond motifs is 1. The number of para-hydroxylation sites is 1. The number of carboxylic acid groups (broad SMARTS) is 1. The van der Waals surface area contributed by atoms with Crippen molar-refractivity contribution in [2.24, 2.45) is 0 Å². The maximum atomic E-state index is 11.1. The molecule has 1 unspecified atom stereocenters. The zero-order chi connectivity index (χ0) is 12.6. The Morgan fingerprint density at radius 2 is 2.24 bits per heavy atom. The lowest BCUT2D eigenvalue weighted by Gasteiger charge is -2.11. The SMILES string of the molecule is CCn1c(C(C)C(=O)O)cc2cccc(Br)c21. The lowest BCUT2D eigenvalue weighted by Crippen LogP contribution is -2.12. The van der Waals surface area contributed by atoms with Crippen LogP contribution in [0, 0.1) is 0 Å². The molecule has 1 heterocycles. The molecule has 90 valence electrons. The van der Waals surface area contributed by atoms with Gasteiger partial charge in [0, 0.05) is 22.1 Å². The molecule has 1 N–H and O–H groups in total. The lowest BCUT2D eigenvalue weighted by atomic mass is 10.1. The molecule has 0 aliphatic rings. The summed E-state index contributed by atoms with van der Waals surface area (Å²) >= 11 is 3.52. The molecule has 1 aromatic heterocycles. The molecule has 3 nitrogen and oxygen atoms in total. The quantitative estimate of drug-likeness (QED) is 0.940. The van der Waals surface area contributed by atoms with Gasteiger partial charge in [-0.05, 0) is 41.9 Å². The summed E-state index contributed by atoms with van der Waals surface area (Å²) in [5, 5.41) is 10.2. The van der Waals surface area contributed by atoms with Gasteiger partial charge in [-0.15, -0.1) is 0 Å². The molecule has 1 atom stereocenters. The number of rotatable bonds is 3. The van der Waals surface area contributed by atoms with Crippen LogP contribution in [0.25, 0.3) is 10.9 Å². The minimum absolute atomic E-state index is 0.491. The molecule has 0 bridgehead atoms. The van der Waals surface area contributed by atoms with Gasteiger partial charge in [-0.3, -0.25) is 4.79 Å². The second-order valence-corrected chi connectivity index (χ2v) is 4.91. The molecule has 0 aliphatic carbocycles. The van der Waals surface area contributed by atoms with Crippen molar-refractivity contribution in [3.63, 3.8) is 0 Å². The van der Waals surface area contributed by atoms with Gasteiger partial charge < -0.3 is 9.67 Å². The van der Waals surface area contributed by atoms with Crippen LogP contribution in [0.15, 0.2) is 28.7 Å². The Morgan fingerprint density at radius 1 is 1.53 bits per heavy atom. The number of halogens is 1. The van der Waals surface area contributed by atoms with Crippen molar-refractivity contribution >= 4 is 32.8 Å². The number of benzene rings is 1. The van der Waals surface area contributed by atoms with Gasteiger partial charge in [-0.2, -0.15) is 0 Å². The van der Waals surface area contributed by atoms with Crippen molar-refractivity contribution in [1.82, 2.24) is 4.57 Å². The third kappa shape index (κ3) is 1.97. The highest BCUT2D eigenvalue weighted by Crippen LogP contribution is 2.30. The van der Waals surface area contributed by atoms with Crippen LogP contribution in [0.3, 0.4) is 0 Å². The number of hydrogen-bond donors (Lipinski definition) is 1. The Hall–Kier alpha value is -1.29. The largest absolute Gasteiger partial charge is 0.481 e. The molecule has 2 rings (SSSR count). The summed E-state index contributed by atoms with van der Waals surface area (Å²) in [5.41, 5.74) is 1.92.